The summed E-state index contributed by atoms with van der Waals surface area (Å²) in [6.45, 7) is 9.29. The molecular formula is C21H29F3HgN2O4Si. The van der Waals surface area contributed by atoms with E-state index >= 15 is 0 Å². The fourth-order valence-corrected chi connectivity index (χ4v) is 9.14. The van der Waals surface area contributed by atoms with E-state index in [1.54, 1.807) is 14.0 Å². The summed E-state index contributed by atoms with van der Waals surface area (Å²) < 4.78 is 41.2. The van der Waals surface area contributed by atoms with E-state index in [1.165, 1.54) is 37.7 Å². The van der Waals surface area contributed by atoms with E-state index in [0.717, 1.165) is 12.2 Å². The molecule has 174 valence electrons. The third-order valence-corrected chi connectivity index (χ3v) is 13.3. The van der Waals surface area contributed by atoms with Gasteiger partial charge in [-0.05, 0) is 0 Å². The minimum Gasteiger partial charge on any atom is -0.542 e. The molecule has 6 nitrogen and oxygen atoms in total. The van der Waals surface area contributed by atoms with Crippen molar-refractivity contribution in [3.05, 3.63) is 23.9 Å². The van der Waals surface area contributed by atoms with Gasteiger partial charge in [-0.25, -0.2) is 0 Å². The van der Waals surface area contributed by atoms with E-state index in [0.29, 0.717) is 32.7 Å². The number of carbonyl (C=O) groups excluding carboxylic acids is 2. The number of fused-ring (bicyclic) bond motifs is 1. The topological polar surface area (TPSA) is 83.4 Å². The Morgan fingerprint density at radius 1 is 1.19 bits per heavy atom. The molecule has 32 heavy (non-hydrogen) atoms. The van der Waals surface area contributed by atoms with Gasteiger partial charge < -0.3 is 9.90 Å². The van der Waals surface area contributed by atoms with Gasteiger partial charge in [0, 0.05) is 0 Å². The zero-order valence-electron chi connectivity index (χ0n) is 19.2. The molecule has 0 unspecified atom stereocenters. The van der Waals surface area contributed by atoms with E-state index < -0.39 is 20.4 Å². The van der Waals surface area contributed by atoms with Crippen molar-refractivity contribution in [2.75, 3.05) is 13.7 Å². The van der Waals surface area contributed by atoms with E-state index in [4.69, 9.17) is 14.6 Å². The van der Waals surface area contributed by atoms with Crippen molar-refractivity contribution in [1.29, 1.82) is 0 Å². The number of carboxylic acids is 1. The molecule has 1 heterocycles. The van der Waals surface area contributed by atoms with Gasteiger partial charge in [0.05, 0.1) is 0 Å². The van der Waals surface area contributed by atoms with Crippen LogP contribution in [0.15, 0.2) is 18.3 Å². The molecule has 2 rings (SSSR count). The first-order chi connectivity index (χ1) is 14.9. The average molecular weight is 659 g/mol. The summed E-state index contributed by atoms with van der Waals surface area (Å²) in [5.41, 5.74) is 2.70. The molecule has 0 fully saturated rings. The van der Waals surface area contributed by atoms with Gasteiger partial charge in [0.15, 0.2) is 0 Å². The summed E-state index contributed by atoms with van der Waals surface area (Å²) in [5, 5.41) is 13.0. The third-order valence-electron chi connectivity index (χ3n) is 5.77. The number of nitrogens with one attached hydrogen (secondary N) is 1. The Balaban J connectivity index is 0.000000633. The van der Waals surface area contributed by atoms with Crippen molar-refractivity contribution < 1.29 is 58.7 Å². The zero-order valence-corrected chi connectivity index (χ0v) is 25.7. The van der Waals surface area contributed by atoms with Crippen molar-refractivity contribution in [1.82, 2.24) is 9.55 Å². The molecule has 0 atom stereocenters. The van der Waals surface area contributed by atoms with Crippen molar-refractivity contribution in [2.45, 2.75) is 58.4 Å². The first-order valence-electron chi connectivity index (χ1n) is 10.4. The second-order valence-corrected chi connectivity index (χ2v) is 15.5. The number of halogens is 3. The molecule has 1 amide bonds. The number of rotatable bonds is 8. The maximum atomic E-state index is 11.2. The standard InChI is InChI=1S/C19H29N2O2Si.C2HF3O2.Hg/c1-6-24(7-2,8-3)21-14-16(11-12-20-15(4)22)18-13-17(23-5)9-10-19(18)21;3-2(4,5)1(6)7;/h10,13-14H,6-8,11-12H2,1-5H3,(H,20,22);(H,6,7);/q;;+1/p-1. The number of hydrogen-bond donors (Lipinski definition) is 1. The number of aliphatic carboxylic acids is 1. The molecule has 0 bridgehead atoms. The van der Waals surface area contributed by atoms with Crippen LogP contribution in [0.1, 0.15) is 33.3 Å². The summed E-state index contributed by atoms with van der Waals surface area (Å²) in [6, 6.07) is 8.34. The molecule has 1 N–H and O–H groups in total. The summed E-state index contributed by atoms with van der Waals surface area (Å²) in [6.07, 6.45) is -1.96. The Labute approximate surface area is 203 Å². The Morgan fingerprint density at radius 2 is 1.72 bits per heavy atom. The van der Waals surface area contributed by atoms with Gasteiger partial charge in [0.1, 0.15) is 5.97 Å². The van der Waals surface area contributed by atoms with Gasteiger partial charge in [0.2, 0.25) is 0 Å². The number of nitrogens with zero attached hydrogens (tertiary/aromatic N) is 1. The van der Waals surface area contributed by atoms with Gasteiger partial charge in [-0.2, -0.15) is 13.2 Å². The van der Waals surface area contributed by atoms with Gasteiger partial charge >= 0.3 is 175 Å². The van der Waals surface area contributed by atoms with Crippen molar-refractivity contribution in [3.63, 3.8) is 0 Å². The molecular weight excluding hydrogens is 630 g/mol. The first kappa shape index (κ1) is 28.5. The van der Waals surface area contributed by atoms with Crippen LogP contribution in [-0.4, -0.2) is 44.2 Å². The molecule has 11 heteroatoms. The summed E-state index contributed by atoms with van der Waals surface area (Å²) in [7, 11) is 0.220. The van der Waals surface area contributed by atoms with E-state index in [2.05, 4.69) is 48.7 Å². The van der Waals surface area contributed by atoms with E-state index in [9.17, 15) is 18.0 Å². The Bertz CT molecular complexity index is 935. The van der Waals surface area contributed by atoms with Crippen LogP contribution in [0.4, 0.5) is 13.2 Å². The van der Waals surface area contributed by atoms with Crippen LogP contribution in [-0.2, 0) is 42.1 Å². The van der Waals surface area contributed by atoms with E-state index in [-0.39, 0.29) is 5.91 Å². The van der Waals surface area contributed by atoms with Crippen molar-refractivity contribution in [2.24, 2.45) is 0 Å². The number of benzene rings is 1. The number of amides is 1. The molecule has 0 radical (unpaired) electrons. The predicted molar refractivity (Wildman–Crippen MR) is 114 cm³/mol. The number of carbonyl (C=O) groups is 2. The summed E-state index contributed by atoms with van der Waals surface area (Å²) >= 11 is 0.519. The molecule has 1 aromatic carbocycles. The predicted octanol–water partition coefficient (Wildman–Crippen LogP) is 2.65. The second kappa shape index (κ2) is 12.1. The Hall–Kier alpha value is -1.56. The van der Waals surface area contributed by atoms with Gasteiger partial charge in [0.25, 0.3) is 0 Å². The smallest absolute Gasteiger partial charge is 0.430 e. The largest absolute Gasteiger partial charge is 0.542 e. The number of hydrogen-bond acceptors (Lipinski definition) is 4. The Morgan fingerprint density at radius 3 is 2.12 bits per heavy atom. The molecule has 1 aromatic heterocycles. The summed E-state index contributed by atoms with van der Waals surface area (Å²) in [4.78, 5) is 20.0. The minimum absolute atomic E-state index is 0.0324. The molecule has 0 aliphatic heterocycles. The number of ether oxygens (including phenoxy) is 1. The first-order valence-corrected chi connectivity index (χ1v) is 15.8. The fourth-order valence-electron chi connectivity index (χ4n) is 3.78. The van der Waals surface area contributed by atoms with Crippen LogP contribution < -0.4 is 18.2 Å². The number of carboxylic acid groups (broad SMARTS) is 1. The third kappa shape index (κ3) is 6.97. The number of alkyl halides is 3. The van der Waals surface area contributed by atoms with Crippen LogP contribution >= 0.6 is 0 Å². The normalized spacial score (nSPS) is 11.7. The van der Waals surface area contributed by atoms with Crippen LogP contribution in [0, 0.1) is 0 Å². The average Bonchev–Trinajstić information content (AvgIpc) is 3.06. The second-order valence-electron chi connectivity index (χ2n) is 7.51. The fraction of sp³-hybridized carbons (Fsp3) is 0.524. The van der Waals surface area contributed by atoms with Crippen LogP contribution in [0.3, 0.4) is 0 Å². The molecule has 0 saturated carbocycles. The monoisotopic (exact) mass is 660 g/mol. The van der Waals surface area contributed by atoms with Crippen molar-refractivity contribution >= 4 is 34.1 Å². The quantitative estimate of drug-likeness (QED) is 0.443. The van der Waals surface area contributed by atoms with Crippen LogP contribution in [0.5, 0.6) is 5.75 Å². The van der Waals surface area contributed by atoms with Gasteiger partial charge in [-0.3, -0.25) is 0 Å². The molecule has 0 saturated heterocycles. The molecule has 2 aromatic rings. The molecule has 0 aliphatic carbocycles. The van der Waals surface area contributed by atoms with E-state index in [1.807, 2.05) is 0 Å². The Kier molecular flexibility index (Phi) is 10.7. The molecule has 0 spiro atoms. The van der Waals surface area contributed by atoms with Crippen LogP contribution in [0.2, 0.25) is 18.1 Å². The number of methoxy groups -OCH3 is 1. The maximum absolute atomic E-state index is 11.2. The number of aromatic nitrogens is 1. The maximum Gasteiger partial charge on any atom is 0.430 e. The SMILES string of the molecule is CC[Si](CC)(CC)n1cc(CCNC(C)=O)c2cc(OC)[c]([Hg+])cc21.O=C([O-])C(F)(F)F. The van der Waals surface area contributed by atoms with Gasteiger partial charge in [-0.15, -0.1) is 0 Å². The van der Waals surface area contributed by atoms with Gasteiger partial charge in [-0.1, -0.05) is 0 Å². The van der Waals surface area contributed by atoms with Crippen LogP contribution in [0.25, 0.3) is 10.9 Å². The van der Waals surface area contributed by atoms with Crippen molar-refractivity contribution in [3.8, 4) is 5.75 Å². The zero-order chi connectivity index (χ0) is 24.7. The summed E-state index contributed by atoms with van der Waals surface area (Å²) in [5.74, 6) is -1.96. The molecule has 0 aliphatic rings. The minimum atomic E-state index is -5.19.